The Hall–Kier alpha value is -3.79. The van der Waals surface area contributed by atoms with Crippen molar-refractivity contribution in [3.05, 3.63) is 120 Å². The second kappa shape index (κ2) is 14.4. The Kier molecular flexibility index (Phi) is 11.1. The van der Waals surface area contributed by atoms with Crippen LogP contribution in [0.3, 0.4) is 0 Å². The van der Waals surface area contributed by atoms with E-state index in [9.17, 15) is 5.11 Å². The van der Waals surface area contributed by atoms with E-state index in [-0.39, 0.29) is 31.9 Å². The van der Waals surface area contributed by atoms with Gasteiger partial charge in [0.25, 0.3) is 0 Å². The summed E-state index contributed by atoms with van der Waals surface area (Å²) in [6.45, 7) is 20.0. The van der Waals surface area contributed by atoms with Crippen molar-refractivity contribution in [2.45, 2.75) is 72.0 Å². The van der Waals surface area contributed by atoms with Crippen molar-refractivity contribution >= 4 is 24.3 Å². The average molecular weight is 834 g/mol. The van der Waals surface area contributed by atoms with E-state index >= 15 is 0 Å². The zero-order chi connectivity index (χ0) is 34.1. The van der Waals surface area contributed by atoms with Crippen LogP contribution in [0.4, 0.5) is 0 Å². The van der Waals surface area contributed by atoms with Gasteiger partial charge in [-0.1, -0.05) is 122 Å². The quantitative estimate of drug-likeness (QED) is 0.142. The van der Waals surface area contributed by atoms with Gasteiger partial charge in [-0.25, -0.2) is 4.98 Å². The van der Waals surface area contributed by atoms with E-state index < -0.39 is 8.07 Å². The third-order valence-electron chi connectivity index (χ3n) is 8.63. The zero-order valence-electron chi connectivity index (χ0n) is 29.9. The van der Waals surface area contributed by atoms with Crippen molar-refractivity contribution < 1.29 is 26.2 Å². The molecule has 6 rings (SSSR count). The number of para-hydroxylation sites is 2. The molecule has 2 heterocycles. The summed E-state index contributed by atoms with van der Waals surface area (Å²) in [7, 11) is 0.711. The molecule has 0 radical (unpaired) electrons. The number of phenols is 1. The fraction of sp³-hybridized carbons (Fsp3) is 0.286. The van der Waals surface area contributed by atoms with Crippen LogP contribution in [0, 0.1) is 6.07 Å². The molecule has 6 heteroatoms. The first-order chi connectivity index (χ1) is 22.0. The standard InChI is InChI=1S/C22H28N2O.C20H20NSi.Pt/c1-21(2,3)14-12-15(19(25)16(13-14)22(4,5)6)20-23-17-10-8-9-11-18(17)24(20)7;1-22(2,3)19-12-13-20(21-15-19)18-11-7-10-17(14-18)16-8-5-4-6-9-16;/h8-13,25H,1-7H3;4-10,12-15H,1-3H3;/q;-1;. The van der Waals surface area contributed by atoms with Gasteiger partial charge in [-0.05, 0) is 51.0 Å². The van der Waals surface area contributed by atoms with Crippen LogP contribution in [-0.2, 0) is 38.9 Å². The maximum atomic E-state index is 11.1. The number of nitrogens with zero attached hydrogens (tertiary/aromatic N) is 3. The van der Waals surface area contributed by atoms with Crippen LogP contribution in [-0.4, -0.2) is 27.7 Å². The van der Waals surface area contributed by atoms with Crippen LogP contribution in [0.15, 0.2) is 103 Å². The van der Waals surface area contributed by atoms with Crippen LogP contribution in [0.1, 0.15) is 52.7 Å². The molecule has 0 amide bonds. The van der Waals surface area contributed by atoms with Gasteiger partial charge in [0.05, 0.1) is 24.7 Å². The van der Waals surface area contributed by atoms with Gasteiger partial charge in [-0.15, -0.1) is 35.4 Å². The first kappa shape index (κ1) is 37.0. The van der Waals surface area contributed by atoms with E-state index in [1.54, 1.807) is 0 Å². The third kappa shape index (κ3) is 8.25. The maximum Gasteiger partial charge on any atom is 0.144 e. The molecule has 1 N–H and O–H groups in total. The Morgan fingerprint density at radius 2 is 1.42 bits per heavy atom. The number of fused-ring (bicyclic) bond motifs is 1. The Labute approximate surface area is 302 Å². The summed E-state index contributed by atoms with van der Waals surface area (Å²) in [5.74, 6) is 1.13. The molecule has 0 saturated heterocycles. The number of hydrogen-bond acceptors (Lipinski definition) is 3. The second-order valence-corrected chi connectivity index (χ2v) is 20.5. The van der Waals surface area contributed by atoms with Gasteiger partial charge in [0.2, 0.25) is 0 Å². The average Bonchev–Trinajstić information content (AvgIpc) is 3.36. The predicted octanol–water partition coefficient (Wildman–Crippen LogP) is 10.3. The molecule has 0 fully saturated rings. The molecule has 6 aromatic rings. The number of benzene rings is 4. The first-order valence-corrected chi connectivity index (χ1v) is 19.9. The number of aryl methyl sites for hydroxylation is 1. The van der Waals surface area contributed by atoms with Crippen LogP contribution in [0.25, 0.3) is 44.8 Å². The van der Waals surface area contributed by atoms with E-state index in [0.717, 1.165) is 39.2 Å². The van der Waals surface area contributed by atoms with Gasteiger partial charge in [0.15, 0.2) is 0 Å². The van der Waals surface area contributed by atoms with Crippen molar-refractivity contribution in [2.75, 3.05) is 0 Å². The molecule has 0 spiro atoms. The van der Waals surface area contributed by atoms with Gasteiger partial charge in [-0.2, -0.15) is 0 Å². The Morgan fingerprint density at radius 3 is 2.00 bits per heavy atom. The van der Waals surface area contributed by atoms with E-state index in [1.807, 2.05) is 43.6 Å². The monoisotopic (exact) mass is 833 g/mol. The van der Waals surface area contributed by atoms with Crippen LogP contribution >= 0.6 is 0 Å². The minimum Gasteiger partial charge on any atom is -0.507 e. The molecule has 2 aromatic heterocycles. The normalized spacial score (nSPS) is 11.9. The molecule has 48 heavy (non-hydrogen) atoms. The van der Waals surface area contributed by atoms with Gasteiger partial charge < -0.3 is 14.7 Å². The molecule has 0 aliphatic carbocycles. The van der Waals surface area contributed by atoms with Crippen LogP contribution in [0.2, 0.25) is 19.6 Å². The van der Waals surface area contributed by atoms with E-state index in [0.29, 0.717) is 5.75 Å². The fourth-order valence-corrected chi connectivity index (χ4v) is 6.65. The maximum absolute atomic E-state index is 11.1. The summed E-state index contributed by atoms with van der Waals surface area (Å²) in [6, 6.07) is 36.6. The summed E-state index contributed by atoms with van der Waals surface area (Å²) in [6.07, 6.45) is 2.03. The molecule has 0 aliphatic rings. The molecule has 0 saturated carbocycles. The van der Waals surface area contributed by atoms with Crippen molar-refractivity contribution in [2.24, 2.45) is 7.05 Å². The molecule has 252 valence electrons. The number of aromatic hydroxyl groups is 1. The van der Waals surface area contributed by atoms with Crippen LogP contribution < -0.4 is 5.19 Å². The second-order valence-electron chi connectivity index (χ2n) is 15.4. The summed E-state index contributed by atoms with van der Waals surface area (Å²) in [5.41, 5.74) is 9.27. The SMILES string of the molecule is C[Si](C)(C)c1ccc(-c2[c-]ccc(-c3ccccc3)c2)nc1.Cn1c(-c2cc(C(C)(C)C)cc(C(C)(C)C)c2O)nc2ccccc21.[Pt]. The van der Waals surface area contributed by atoms with Crippen molar-refractivity contribution in [1.82, 2.24) is 14.5 Å². The summed E-state index contributed by atoms with van der Waals surface area (Å²) in [5, 5.41) is 12.4. The molecule has 0 bridgehead atoms. The summed E-state index contributed by atoms with van der Waals surface area (Å²) >= 11 is 0. The molecule has 4 aromatic carbocycles. The molecule has 4 nitrogen and oxygen atoms in total. The summed E-state index contributed by atoms with van der Waals surface area (Å²) in [4.78, 5) is 9.45. The Bertz CT molecular complexity index is 1990. The van der Waals surface area contributed by atoms with Gasteiger partial charge in [0, 0.05) is 39.9 Å². The first-order valence-electron chi connectivity index (χ1n) is 16.4. The Morgan fingerprint density at radius 1 is 0.750 bits per heavy atom. The Balaban J connectivity index is 0.000000214. The fourth-order valence-electron chi connectivity index (χ4n) is 5.62. The molecule has 0 atom stereocenters. The van der Waals surface area contributed by atoms with E-state index in [2.05, 4.69) is 144 Å². The van der Waals surface area contributed by atoms with E-state index in [4.69, 9.17) is 4.98 Å². The van der Waals surface area contributed by atoms with Crippen molar-refractivity contribution in [3.63, 3.8) is 0 Å². The van der Waals surface area contributed by atoms with Crippen molar-refractivity contribution in [3.8, 4) is 39.5 Å². The number of rotatable bonds is 4. The van der Waals surface area contributed by atoms with Gasteiger partial charge in [0.1, 0.15) is 11.6 Å². The number of phenolic OH excluding ortho intramolecular Hbond substituents is 1. The van der Waals surface area contributed by atoms with Crippen LogP contribution in [0.5, 0.6) is 5.75 Å². The molecule has 0 aliphatic heterocycles. The number of aromatic nitrogens is 3. The predicted molar refractivity (Wildman–Crippen MR) is 202 cm³/mol. The largest absolute Gasteiger partial charge is 0.507 e. The van der Waals surface area contributed by atoms with E-state index in [1.165, 1.54) is 21.9 Å². The van der Waals surface area contributed by atoms with Gasteiger partial charge >= 0.3 is 0 Å². The summed E-state index contributed by atoms with van der Waals surface area (Å²) < 4.78 is 2.06. The number of imidazole rings is 1. The minimum absolute atomic E-state index is 0. The smallest absolute Gasteiger partial charge is 0.144 e. The third-order valence-corrected chi connectivity index (χ3v) is 10.7. The molecule has 0 unspecified atom stereocenters. The number of pyridine rings is 1. The zero-order valence-corrected chi connectivity index (χ0v) is 33.2. The molecular formula is C42H48N3OPtSi-. The molecular weight excluding hydrogens is 786 g/mol. The van der Waals surface area contributed by atoms with Gasteiger partial charge in [-0.3, -0.25) is 0 Å². The minimum atomic E-state index is -1.29. The van der Waals surface area contributed by atoms with Crippen molar-refractivity contribution in [1.29, 1.82) is 0 Å². The topological polar surface area (TPSA) is 50.9 Å². The number of hydrogen-bond donors (Lipinski definition) is 1.